The number of hydrogen-bond donors (Lipinski definition) is 0. The van der Waals surface area contributed by atoms with Crippen LogP contribution in [0.1, 0.15) is 33.3 Å². The van der Waals surface area contributed by atoms with Crippen molar-refractivity contribution in [1.82, 2.24) is 0 Å². The first-order valence-corrected chi connectivity index (χ1v) is 11.3. The van der Waals surface area contributed by atoms with E-state index < -0.39 is 31.7 Å². The molecule has 0 spiro atoms. The van der Waals surface area contributed by atoms with Gasteiger partial charge in [0.15, 0.2) is 5.75 Å². The van der Waals surface area contributed by atoms with Gasteiger partial charge < -0.3 is 18.5 Å². The minimum atomic E-state index is -4.01. The molecule has 0 atom stereocenters. The molecule has 0 aliphatic carbocycles. The highest BCUT2D eigenvalue weighted by Crippen LogP contribution is 2.54. The third-order valence-electron chi connectivity index (χ3n) is 3.93. The molecular weight excluding hydrogens is 419 g/mol. The van der Waals surface area contributed by atoms with Crippen molar-refractivity contribution in [2.75, 3.05) is 0 Å². The van der Waals surface area contributed by atoms with Gasteiger partial charge in [0, 0.05) is 29.0 Å². The second kappa shape index (κ2) is 10.1. The van der Waals surface area contributed by atoms with Crippen molar-refractivity contribution in [2.45, 2.75) is 46.8 Å². The average Bonchev–Trinajstić information content (AvgIpc) is 2.67. The molecule has 0 heterocycles. The summed E-state index contributed by atoms with van der Waals surface area (Å²) in [5.74, 6) is -1.35. The van der Waals surface area contributed by atoms with Crippen LogP contribution in [0.5, 0.6) is 11.5 Å². The van der Waals surface area contributed by atoms with Crippen LogP contribution >= 0.6 is 7.60 Å². The van der Waals surface area contributed by atoms with Crippen molar-refractivity contribution in [3.63, 3.8) is 0 Å². The van der Waals surface area contributed by atoms with Crippen LogP contribution in [0.3, 0.4) is 0 Å². The lowest BCUT2D eigenvalue weighted by atomic mass is 10.1. The minimum absolute atomic E-state index is 0.0112. The number of esters is 2. The fourth-order valence-corrected chi connectivity index (χ4v) is 4.92. The maximum absolute atomic E-state index is 13.9. The Morgan fingerprint density at radius 3 is 1.97 bits per heavy atom. The molecule has 2 aromatic rings. The quantitative estimate of drug-likeness (QED) is 0.232. The molecule has 2 rings (SSSR count). The van der Waals surface area contributed by atoms with Gasteiger partial charge in [-0.25, -0.2) is 9.59 Å². The fraction of sp³-hybridized carbons (Fsp3) is 0.304. The van der Waals surface area contributed by atoms with Gasteiger partial charge in [-0.05, 0) is 40.7 Å². The lowest BCUT2D eigenvalue weighted by molar-refractivity contribution is -0.129. The monoisotopic (exact) mass is 446 g/mol. The molecular formula is C23H27O7P. The van der Waals surface area contributed by atoms with Gasteiger partial charge in [-0.15, -0.1) is 0 Å². The molecule has 0 amide bonds. The molecule has 166 valence electrons. The second-order valence-electron chi connectivity index (χ2n) is 7.33. The molecule has 2 aromatic carbocycles. The maximum Gasteiger partial charge on any atom is 0.365 e. The van der Waals surface area contributed by atoms with Crippen molar-refractivity contribution in [3.05, 3.63) is 55.1 Å². The van der Waals surface area contributed by atoms with E-state index in [2.05, 4.69) is 13.2 Å². The lowest BCUT2D eigenvalue weighted by Gasteiger charge is -2.25. The normalized spacial score (nSPS) is 11.6. The molecule has 0 radical (unpaired) electrons. The van der Waals surface area contributed by atoms with Gasteiger partial charge in [0.1, 0.15) is 11.1 Å². The Morgan fingerprint density at radius 2 is 1.45 bits per heavy atom. The molecule has 7 nitrogen and oxygen atoms in total. The van der Waals surface area contributed by atoms with Gasteiger partial charge in [-0.2, -0.15) is 0 Å². The Hall–Kier alpha value is -2.73. The minimum Gasteiger partial charge on any atom is -0.423 e. The number of carbonyl (C=O) groups is 2. The maximum atomic E-state index is 13.9. The number of benzene rings is 2. The van der Waals surface area contributed by atoms with E-state index >= 15 is 0 Å². The molecule has 0 bridgehead atoms. The highest BCUT2D eigenvalue weighted by atomic mass is 31.2. The van der Waals surface area contributed by atoms with Gasteiger partial charge in [-0.1, -0.05) is 30.9 Å². The predicted octanol–water partition coefficient (Wildman–Crippen LogP) is 5.00. The van der Waals surface area contributed by atoms with Crippen LogP contribution < -0.4 is 14.8 Å². The number of aryl methyl sites for hydroxylation is 1. The summed E-state index contributed by atoms with van der Waals surface area (Å²) in [4.78, 5) is 24.1. The van der Waals surface area contributed by atoms with Gasteiger partial charge in [0.05, 0.1) is 12.2 Å². The van der Waals surface area contributed by atoms with Crippen molar-refractivity contribution in [1.29, 1.82) is 0 Å². The molecule has 0 N–H and O–H groups in total. The number of ether oxygens (including phenoxy) is 2. The van der Waals surface area contributed by atoms with Crippen molar-refractivity contribution >= 4 is 35.6 Å². The van der Waals surface area contributed by atoms with Gasteiger partial charge >= 0.3 is 19.5 Å². The van der Waals surface area contributed by atoms with Crippen LogP contribution in [0.4, 0.5) is 0 Å². The van der Waals surface area contributed by atoms with Crippen LogP contribution in [0.2, 0.25) is 0 Å². The van der Waals surface area contributed by atoms with Crippen LogP contribution in [-0.4, -0.2) is 24.1 Å². The first-order valence-electron chi connectivity index (χ1n) is 9.74. The van der Waals surface area contributed by atoms with E-state index in [9.17, 15) is 14.2 Å². The number of rotatable bonds is 9. The Balaban J connectivity index is 2.95. The van der Waals surface area contributed by atoms with Crippen LogP contribution in [0.15, 0.2) is 49.6 Å². The zero-order chi connectivity index (χ0) is 23.3. The molecule has 0 fully saturated rings. The highest BCUT2D eigenvalue weighted by Gasteiger charge is 2.36. The van der Waals surface area contributed by atoms with Gasteiger partial charge in [0.2, 0.25) is 0 Å². The molecule has 0 saturated carbocycles. The topological polar surface area (TPSA) is 88.1 Å². The summed E-state index contributed by atoms with van der Waals surface area (Å²) >= 11 is 0. The van der Waals surface area contributed by atoms with Crippen molar-refractivity contribution in [3.8, 4) is 11.5 Å². The largest absolute Gasteiger partial charge is 0.423 e. The Labute approximate surface area is 182 Å². The summed E-state index contributed by atoms with van der Waals surface area (Å²) in [6.07, 6.45) is 1.07. The second-order valence-corrected chi connectivity index (χ2v) is 9.23. The van der Waals surface area contributed by atoms with E-state index in [0.29, 0.717) is 10.8 Å². The van der Waals surface area contributed by atoms with Crippen molar-refractivity contribution in [2.24, 2.45) is 0 Å². The van der Waals surface area contributed by atoms with E-state index in [4.69, 9.17) is 18.5 Å². The average molecular weight is 446 g/mol. The molecule has 0 unspecified atom stereocenters. The Kier molecular flexibility index (Phi) is 7.96. The molecule has 8 heteroatoms. The Morgan fingerprint density at radius 1 is 0.903 bits per heavy atom. The first kappa shape index (κ1) is 24.5. The molecule has 31 heavy (non-hydrogen) atoms. The molecule has 0 aliphatic rings. The zero-order valence-electron chi connectivity index (χ0n) is 18.3. The van der Waals surface area contributed by atoms with Crippen LogP contribution in [-0.2, 0) is 23.2 Å². The summed E-state index contributed by atoms with van der Waals surface area (Å²) in [5.41, 5.74) is 0.872. The molecule has 0 aliphatic heterocycles. The zero-order valence-corrected chi connectivity index (χ0v) is 19.2. The van der Waals surface area contributed by atoms with Crippen LogP contribution in [0.25, 0.3) is 10.8 Å². The fourth-order valence-electron chi connectivity index (χ4n) is 2.85. The number of fused-ring (bicyclic) bond motifs is 1. The molecule has 0 saturated heterocycles. The van der Waals surface area contributed by atoms with Crippen LogP contribution in [0, 0.1) is 6.92 Å². The van der Waals surface area contributed by atoms with E-state index in [-0.39, 0.29) is 16.8 Å². The Bertz CT molecular complexity index is 1060. The van der Waals surface area contributed by atoms with E-state index in [0.717, 1.165) is 17.7 Å². The first-order chi connectivity index (χ1) is 14.5. The van der Waals surface area contributed by atoms with Crippen molar-refractivity contribution < 1.29 is 32.7 Å². The van der Waals surface area contributed by atoms with Gasteiger partial charge in [0.25, 0.3) is 0 Å². The van der Waals surface area contributed by atoms with Gasteiger partial charge in [-0.3, -0.25) is 4.57 Å². The summed E-state index contributed by atoms with van der Waals surface area (Å²) < 4.78 is 36.2. The lowest BCUT2D eigenvalue weighted by Crippen LogP contribution is -2.21. The number of carbonyl (C=O) groups excluding carboxylic acids is 2. The highest BCUT2D eigenvalue weighted by molar-refractivity contribution is 7.62. The number of hydrogen-bond acceptors (Lipinski definition) is 7. The summed E-state index contributed by atoms with van der Waals surface area (Å²) in [7, 11) is -4.01. The van der Waals surface area contributed by atoms with E-state index in [1.165, 1.54) is 6.07 Å². The summed E-state index contributed by atoms with van der Waals surface area (Å²) in [6.45, 7) is 15.5. The summed E-state index contributed by atoms with van der Waals surface area (Å²) in [6, 6.07) is 6.57. The molecule has 0 aromatic heterocycles. The smallest absolute Gasteiger partial charge is 0.365 e. The summed E-state index contributed by atoms with van der Waals surface area (Å²) in [5, 5.41) is 0.838. The third-order valence-corrected chi connectivity index (χ3v) is 6.25. The predicted molar refractivity (Wildman–Crippen MR) is 120 cm³/mol. The third kappa shape index (κ3) is 5.91. The van der Waals surface area contributed by atoms with E-state index in [1.807, 2.05) is 6.92 Å². The standard InChI is InChI=1S/C23H27O7P/c1-8-21(24)27-19-13-20(31(26,29-14(3)4)30-15(5)6)23(28-22(25)9-2)17-11-10-16(7)12-18(17)19/h8-15H,1-2H2,3-7H3. The van der Waals surface area contributed by atoms with E-state index in [1.54, 1.807) is 45.9 Å². The SMILES string of the molecule is C=CC(=O)Oc1cc(P(=O)(OC(C)C)OC(C)C)c(OC(=O)C=C)c2ccc(C)cc12.